The van der Waals surface area contributed by atoms with Crippen molar-refractivity contribution in [2.75, 3.05) is 24.0 Å². The number of aliphatic hydroxyl groups is 1. The van der Waals surface area contributed by atoms with Crippen molar-refractivity contribution < 1.29 is 10.0 Å². The first-order valence-corrected chi connectivity index (χ1v) is 4.97. The van der Waals surface area contributed by atoms with Crippen LogP contribution >= 0.6 is 0 Å². The van der Waals surface area contributed by atoms with Crippen LogP contribution in [0.25, 0.3) is 0 Å². The van der Waals surface area contributed by atoms with Gasteiger partial charge in [0.15, 0.2) is 0 Å². The van der Waals surface area contributed by atoms with Gasteiger partial charge in [0.05, 0.1) is 17.6 Å². The van der Waals surface area contributed by atoms with Crippen molar-refractivity contribution in [1.82, 2.24) is 4.98 Å². The van der Waals surface area contributed by atoms with E-state index in [0.29, 0.717) is 5.82 Å². The van der Waals surface area contributed by atoms with Crippen molar-refractivity contribution in [2.45, 2.75) is 13.0 Å². The Balaban J connectivity index is 3.21. The molecular weight excluding hydrogens is 226 g/mol. The number of rotatable bonds is 5. The minimum atomic E-state index is -0.525. The van der Waals surface area contributed by atoms with E-state index in [2.05, 4.69) is 10.4 Å². The van der Waals surface area contributed by atoms with Crippen molar-refractivity contribution in [3.8, 4) is 0 Å². The molecule has 0 saturated heterocycles. The number of nitro groups is 1. The Kier molecular flexibility index (Phi) is 4.18. The van der Waals surface area contributed by atoms with Crippen LogP contribution in [0.15, 0.2) is 12.1 Å². The van der Waals surface area contributed by atoms with Gasteiger partial charge in [-0.05, 0) is 13.0 Å². The summed E-state index contributed by atoms with van der Waals surface area (Å²) in [7, 11) is 1.62. The molecule has 94 valence electrons. The summed E-state index contributed by atoms with van der Waals surface area (Å²) in [5.74, 6) is 5.68. The molecule has 1 atom stereocenters. The number of pyridine rings is 1. The third-order valence-electron chi connectivity index (χ3n) is 2.46. The van der Waals surface area contributed by atoms with Gasteiger partial charge in [-0.1, -0.05) is 0 Å². The summed E-state index contributed by atoms with van der Waals surface area (Å²) >= 11 is 0. The second kappa shape index (κ2) is 5.41. The van der Waals surface area contributed by atoms with Gasteiger partial charge in [0.25, 0.3) is 0 Å². The highest BCUT2D eigenvalue weighted by Crippen LogP contribution is 2.27. The Hall–Kier alpha value is -1.93. The number of hydrogen-bond acceptors (Lipinski definition) is 7. The Morgan fingerprint density at radius 2 is 2.35 bits per heavy atom. The first-order valence-electron chi connectivity index (χ1n) is 4.97. The van der Waals surface area contributed by atoms with E-state index in [9.17, 15) is 10.1 Å². The predicted molar refractivity (Wildman–Crippen MR) is 63.7 cm³/mol. The lowest BCUT2D eigenvalue weighted by Crippen LogP contribution is -2.33. The quantitative estimate of drug-likeness (QED) is 0.380. The minimum absolute atomic E-state index is 0.129. The molecule has 4 N–H and O–H groups in total. The number of aliphatic hydroxyl groups excluding tert-OH is 1. The molecule has 1 rings (SSSR count). The van der Waals surface area contributed by atoms with E-state index < -0.39 is 4.92 Å². The molecule has 0 aliphatic carbocycles. The fourth-order valence-corrected chi connectivity index (χ4v) is 1.25. The SMILES string of the molecule is CC(CO)N(C)c1nc(NN)ccc1[N+](=O)[O-]. The normalized spacial score (nSPS) is 12.0. The van der Waals surface area contributed by atoms with Crippen LogP contribution in [-0.2, 0) is 0 Å². The predicted octanol–water partition coefficient (Wildman–Crippen LogP) is 0.0924. The Labute approximate surface area is 98.2 Å². The fraction of sp³-hybridized carbons (Fsp3) is 0.444. The molecule has 0 bridgehead atoms. The maximum atomic E-state index is 10.9. The van der Waals surface area contributed by atoms with E-state index >= 15 is 0 Å². The van der Waals surface area contributed by atoms with Gasteiger partial charge in [-0.3, -0.25) is 10.1 Å². The third kappa shape index (κ3) is 2.80. The molecule has 0 aliphatic heterocycles. The summed E-state index contributed by atoms with van der Waals surface area (Å²) in [5.41, 5.74) is 2.19. The number of anilines is 2. The molecule has 0 amide bonds. The number of nitrogen functional groups attached to an aromatic ring is 1. The van der Waals surface area contributed by atoms with Crippen LogP contribution < -0.4 is 16.2 Å². The standard InChI is InChI=1S/C9H15N5O3/c1-6(5-15)13(2)9-7(14(16)17)3-4-8(11-9)12-10/h3-4,6,15H,5,10H2,1-2H3,(H,11,12). The second-order valence-electron chi connectivity index (χ2n) is 3.58. The van der Waals surface area contributed by atoms with Crippen molar-refractivity contribution in [3.63, 3.8) is 0 Å². The molecule has 1 aromatic heterocycles. The van der Waals surface area contributed by atoms with Gasteiger partial charge in [-0.25, -0.2) is 10.8 Å². The molecule has 0 fully saturated rings. The highest BCUT2D eigenvalue weighted by Gasteiger charge is 2.22. The molecule has 1 unspecified atom stereocenters. The highest BCUT2D eigenvalue weighted by atomic mass is 16.6. The van der Waals surface area contributed by atoms with Crippen LogP contribution in [0.4, 0.5) is 17.3 Å². The van der Waals surface area contributed by atoms with E-state index in [1.807, 2.05) is 0 Å². The van der Waals surface area contributed by atoms with Crippen molar-refractivity contribution >= 4 is 17.3 Å². The van der Waals surface area contributed by atoms with Crippen LogP contribution in [0.1, 0.15) is 6.92 Å². The lowest BCUT2D eigenvalue weighted by molar-refractivity contribution is -0.384. The molecule has 0 spiro atoms. The average Bonchev–Trinajstić information content (AvgIpc) is 2.35. The zero-order valence-corrected chi connectivity index (χ0v) is 9.62. The Morgan fingerprint density at radius 3 is 2.82 bits per heavy atom. The lowest BCUT2D eigenvalue weighted by Gasteiger charge is -2.24. The van der Waals surface area contributed by atoms with Gasteiger partial charge in [0.1, 0.15) is 5.82 Å². The minimum Gasteiger partial charge on any atom is -0.394 e. The van der Waals surface area contributed by atoms with Gasteiger partial charge in [-0.15, -0.1) is 0 Å². The molecule has 0 aliphatic rings. The zero-order valence-electron chi connectivity index (χ0n) is 9.62. The molecule has 0 aromatic carbocycles. The van der Waals surface area contributed by atoms with E-state index in [1.165, 1.54) is 17.0 Å². The van der Waals surface area contributed by atoms with Crippen LogP contribution in [-0.4, -0.2) is 34.7 Å². The Morgan fingerprint density at radius 1 is 1.71 bits per heavy atom. The fourth-order valence-electron chi connectivity index (χ4n) is 1.25. The van der Waals surface area contributed by atoms with Gasteiger partial charge in [-0.2, -0.15) is 0 Å². The summed E-state index contributed by atoms with van der Waals surface area (Å²) in [5, 5.41) is 19.9. The number of hydrazine groups is 1. The van der Waals surface area contributed by atoms with Crippen molar-refractivity contribution in [2.24, 2.45) is 5.84 Å². The number of aromatic nitrogens is 1. The van der Waals surface area contributed by atoms with Gasteiger partial charge < -0.3 is 15.4 Å². The van der Waals surface area contributed by atoms with E-state index in [1.54, 1.807) is 14.0 Å². The summed E-state index contributed by atoms with van der Waals surface area (Å²) in [4.78, 5) is 15.9. The lowest BCUT2D eigenvalue weighted by atomic mass is 10.3. The van der Waals surface area contributed by atoms with Gasteiger partial charge in [0.2, 0.25) is 5.82 Å². The number of hydrogen-bond donors (Lipinski definition) is 3. The maximum Gasteiger partial charge on any atom is 0.311 e. The topological polar surface area (TPSA) is 118 Å². The van der Waals surface area contributed by atoms with Gasteiger partial charge in [0, 0.05) is 13.1 Å². The zero-order chi connectivity index (χ0) is 13.0. The van der Waals surface area contributed by atoms with Crippen molar-refractivity contribution in [1.29, 1.82) is 0 Å². The number of likely N-dealkylation sites (N-methyl/N-ethyl adjacent to an activating group) is 1. The summed E-state index contributed by atoms with van der Waals surface area (Å²) in [6, 6.07) is 2.45. The molecule has 1 heterocycles. The number of nitrogens with one attached hydrogen (secondary N) is 1. The maximum absolute atomic E-state index is 10.9. The highest BCUT2D eigenvalue weighted by molar-refractivity contribution is 5.61. The average molecular weight is 241 g/mol. The molecule has 8 heteroatoms. The van der Waals surface area contributed by atoms with Crippen LogP contribution in [0.2, 0.25) is 0 Å². The summed E-state index contributed by atoms with van der Waals surface area (Å²) in [6.07, 6.45) is 0. The molecule has 0 radical (unpaired) electrons. The van der Waals surface area contributed by atoms with Gasteiger partial charge >= 0.3 is 5.69 Å². The number of nitrogens with zero attached hydrogens (tertiary/aromatic N) is 3. The molecular formula is C9H15N5O3. The van der Waals surface area contributed by atoms with Crippen LogP contribution in [0.3, 0.4) is 0 Å². The van der Waals surface area contributed by atoms with Crippen LogP contribution in [0.5, 0.6) is 0 Å². The van der Waals surface area contributed by atoms with Crippen molar-refractivity contribution in [3.05, 3.63) is 22.2 Å². The summed E-state index contributed by atoms with van der Waals surface area (Å²) in [6.45, 7) is 1.60. The molecule has 0 saturated carbocycles. The van der Waals surface area contributed by atoms with E-state index in [-0.39, 0.29) is 24.2 Å². The first kappa shape index (κ1) is 13.1. The smallest absolute Gasteiger partial charge is 0.311 e. The van der Waals surface area contributed by atoms with E-state index in [0.717, 1.165) is 0 Å². The molecule has 17 heavy (non-hydrogen) atoms. The monoisotopic (exact) mass is 241 g/mol. The summed E-state index contributed by atoms with van der Waals surface area (Å²) < 4.78 is 0. The molecule has 1 aromatic rings. The van der Waals surface area contributed by atoms with E-state index in [4.69, 9.17) is 10.9 Å². The van der Waals surface area contributed by atoms with Crippen LogP contribution in [0, 0.1) is 10.1 Å². The first-order chi connectivity index (χ1) is 8.01. The second-order valence-corrected chi connectivity index (χ2v) is 3.58. The largest absolute Gasteiger partial charge is 0.394 e. The Bertz CT molecular complexity index is 412. The third-order valence-corrected chi connectivity index (χ3v) is 2.46. The molecule has 8 nitrogen and oxygen atoms in total. The number of nitrogens with two attached hydrogens (primary N) is 1.